The first-order valence-corrected chi connectivity index (χ1v) is 5.85. The molecule has 0 radical (unpaired) electrons. The van der Waals surface area contributed by atoms with Crippen LogP contribution in [0.5, 0.6) is 0 Å². The number of nitrogens with zero attached hydrogens (tertiary/aromatic N) is 1. The summed E-state index contributed by atoms with van der Waals surface area (Å²) in [5.74, 6) is -1.42. The van der Waals surface area contributed by atoms with E-state index in [1.54, 1.807) is 24.3 Å². The minimum absolute atomic E-state index is 0.0778. The summed E-state index contributed by atoms with van der Waals surface area (Å²) < 4.78 is 13.4. The van der Waals surface area contributed by atoms with E-state index in [-0.39, 0.29) is 11.5 Å². The van der Waals surface area contributed by atoms with Crippen LogP contribution in [0.15, 0.2) is 42.7 Å². The van der Waals surface area contributed by atoms with Crippen LogP contribution in [0.2, 0.25) is 0 Å². The van der Waals surface area contributed by atoms with E-state index in [9.17, 15) is 14.0 Å². The lowest BCUT2D eigenvalue weighted by molar-refractivity contribution is -0.114. The van der Waals surface area contributed by atoms with Gasteiger partial charge in [-0.1, -0.05) is 0 Å². The van der Waals surface area contributed by atoms with E-state index >= 15 is 0 Å². The second-order valence-corrected chi connectivity index (χ2v) is 4.07. The normalized spacial score (nSPS) is 9.90. The number of amides is 2. The molecule has 102 valence electrons. The van der Waals surface area contributed by atoms with Gasteiger partial charge in [0, 0.05) is 24.5 Å². The molecular formula is C14H12FN3O2. The Morgan fingerprint density at radius 2 is 1.65 bits per heavy atom. The van der Waals surface area contributed by atoms with Gasteiger partial charge in [0.1, 0.15) is 0 Å². The van der Waals surface area contributed by atoms with Crippen LogP contribution < -0.4 is 10.6 Å². The van der Waals surface area contributed by atoms with Crippen molar-refractivity contribution in [3.63, 3.8) is 0 Å². The summed E-state index contributed by atoms with van der Waals surface area (Å²) in [6, 6.07) is 7.81. The SMILES string of the molecule is CC(=O)Nc1ccc(NC(=O)c2ccncc2F)cc1. The van der Waals surface area contributed by atoms with Gasteiger partial charge in [0.15, 0.2) is 5.82 Å². The molecule has 2 amide bonds. The van der Waals surface area contributed by atoms with Crippen molar-refractivity contribution in [1.82, 2.24) is 4.98 Å². The summed E-state index contributed by atoms with van der Waals surface area (Å²) in [6.07, 6.45) is 2.33. The quantitative estimate of drug-likeness (QED) is 0.902. The van der Waals surface area contributed by atoms with E-state index in [1.165, 1.54) is 19.2 Å². The van der Waals surface area contributed by atoms with Crippen LogP contribution in [0.3, 0.4) is 0 Å². The summed E-state index contributed by atoms with van der Waals surface area (Å²) in [7, 11) is 0. The topological polar surface area (TPSA) is 71.1 Å². The lowest BCUT2D eigenvalue weighted by Crippen LogP contribution is -2.14. The third-order valence-electron chi connectivity index (χ3n) is 2.48. The molecule has 0 fully saturated rings. The number of hydrogen-bond donors (Lipinski definition) is 2. The van der Waals surface area contributed by atoms with E-state index < -0.39 is 11.7 Å². The first-order chi connectivity index (χ1) is 9.56. The Hall–Kier alpha value is -2.76. The van der Waals surface area contributed by atoms with Crippen molar-refractivity contribution >= 4 is 23.2 Å². The lowest BCUT2D eigenvalue weighted by atomic mass is 10.2. The Bertz CT molecular complexity index is 641. The molecule has 0 bridgehead atoms. The molecule has 0 saturated heterocycles. The number of rotatable bonds is 3. The van der Waals surface area contributed by atoms with Crippen LogP contribution >= 0.6 is 0 Å². The van der Waals surface area contributed by atoms with Gasteiger partial charge in [0.2, 0.25) is 5.91 Å². The third kappa shape index (κ3) is 3.38. The largest absolute Gasteiger partial charge is 0.326 e. The number of carbonyl (C=O) groups excluding carboxylic acids is 2. The van der Waals surface area contributed by atoms with Gasteiger partial charge >= 0.3 is 0 Å². The molecule has 0 unspecified atom stereocenters. The average Bonchev–Trinajstić information content (AvgIpc) is 2.41. The molecule has 0 aliphatic heterocycles. The molecule has 2 N–H and O–H groups in total. The molecule has 1 aromatic heterocycles. The highest BCUT2D eigenvalue weighted by molar-refractivity contribution is 6.04. The van der Waals surface area contributed by atoms with Crippen LogP contribution in [-0.4, -0.2) is 16.8 Å². The molecule has 0 spiro atoms. The zero-order valence-electron chi connectivity index (χ0n) is 10.7. The first-order valence-electron chi connectivity index (χ1n) is 5.85. The summed E-state index contributed by atoms with van der Waals surface area (Å²) in [6.45, 7) is 1.40. The number of aromatic nitrogens is 1. The Morgan fingerprint density at radius 3 is 2.20 bits per heavy atom. The maximum Gasteiger partial charge on any atom is 0.258 e. The minimum Gasteiger partial charge on any atom is -0.326 e. The van der Waals surface area contributed by atoms with Gasteiger partial charge < -0.3 is 10.6 Å². The fraction of sp³-hybridized carbons (Fsp3) is 0.0714. The van der Waals surface area contributed by atoms with E-state index in [0.29, 0.717) is 11.4 Å². The maximum atomic E-state index is 13.4. The van der Waals surface area contributed by atoms with E-state index in [4.69, 9.17) is 0 Å². The van der Waals surface area contributed by atoms with Crippen LogP contribution in [0.4, 0.5) is 15.8 Å². The number of benzene rings is 1. The van der Waals surface area contributed by atoms with Crippen molar-refractivity contribution in [2.45, 2.75) is 6.92 Å². The first kappa shape index (κ1) is 13.7. The Balaban J connectivity index is 2.09. The van der Waals surface area contributed by atoms with Crippen molar-refractivity contribution in [3.8, 4) is 0 Å². The molecule has 6 heteroatoms. The second-order valence-electron chi connectivity index (χ2n) is 4.07. The van der Waals surface area contributed by atoms with Crippen LogP contribution in [0.1, 0.15) is 17.3 Å². The zero-order valence-corrected chi connectivity index (χ0v) is 10.7. The predicted octanol–water partition coefficient (Wildman–Crippen LogP) is 2.43. The van der Waals surface area contributed by atoms with Gasteiger partial charge in [-0.05, 0) is 30.3 Å². The number of carbonyl (C=O) groups is 2. The Morgan fingerprint density at radius 1 is 1.05 bits per heavy atom. The fourth-order valence-corrected chi connectivity index (χ4v) is 1.60. The summed E-state index contributed by atoms with van der Waals surface area (Å²) in [5, 5.41) is 5.17. The molecule has 0 atom stereocenters. The van der Waals surface area contributed by atoms with Crippen molar-refractivity contribution in [2.24, 2.45) is 0 Å². The Kier molecular flexibility index (Phi) is 4.05. The van der Waals surface area contributed by atoms with Crippen molar-refractivity contribution in [2.75, 3.05) is 10.6 Å². The number of halogens is 1. The highest BCUT2D eigenvalue weighted by atomic mass is 19.1. The summed E-state index contributed by atoms with van der Waals surface area (Å²) in [5.41, 5.74) is 1.04. The van der Waals surface area contributed by atoms with Gasteiger partial charge in [-0.15, -0.1) is 0 Å². The van der Waals surface area contributed by atoms with Gasteiger partial charge in [0.05, 0.1) is 11.8 Å². The van der Waals surface area contributed by atoms with Gasteiger partial charge in [0.25, 0.3) is 5.91 Å². The van der Waals surface area contributed by atoms with E-state index in [0.717, 1.165) is 6.20 Å². The molecule has 20 heavy (non-hydrogen) atoms. The van der Waals surface area contributed by atoms with E-state index in [1.807, 2.05) is 0 Å². The highest BCUT2D eigenvalue weighted by Crippen LogP contribution is 2.15. The number of nitrogens with one attached hydrogen (secondary N) is 2. The van der Waals surface area contributed by atoms with Gasteiger partial charge in [-0.2, -0.15) is 0 Å². The number of hydrogen-bond acceptors (Lipinski definition) is 3. The zero-order chi connectivity index (χ0) is 14.5. The molecule has 2 rings (SSSR count). The number of anilines is 2. The smallest absolute Gasteiger partial charge is 0.258 e. The molecule has 0 aliphatic carbocycles. The van der Waals surface area contributed by atoms with Crippen molar-refractivity contribution in [1.29, 1.82) is 0 Å². The third-order valence-corrected chi connectivity index (χ3v) is 2.48. The molecule has 1 heterocycles. The molecule has 0 aliphatic rings. The molecule has 2 aromatic rings. The monoisotopic (exact) mass is 273 g/mol. The molecular weight excluding hydrogens is 261 g/mol. The molecule has 5 nitrogen and oxygen atoms in total. The van der Waals surface area contributed by atoms with Crippen molar-refractivity contribution in [3.05, 3.63) is 54.1 Å². The van der Waals surface area contributed by atoms with Crippen LogP contribution in [-0.2, 0) is 4.79 Å². The Labute approximate surface area is 114 Å². The molecule has 0 saturated carbocycles. The second kappa shape index (κ2) is 5.92. The number of pyridine rings is 1. The minimum atomic E-state index is -0.681. The van der Waals surface area contributed by atoms with Crippen LogP contribution in [0, 0.1) is 5.82 Å². The summed E-state index contributed by atoms with van der Waals surface area (Å²) in [4.78, 5) is 26.3. The van der Waals surface area contributed by atoms with Crippen molar-refractivity contribution < 1.29 is 14.0 Å². The highest BCUT2D eigenvalue weighted by Gasteiger charge is 2.11. The van der Waals surface area contributed by atoms with Gasteiger partial charge in [-0.3, -0.25) is 14.6 Å². The lowest BCUT2D eigenvalue weighted by Gasteiger charge is -2.07. The van der Waals surface area contributed by atoms with E-state index in [2.05, 4.69) is 15.6 Å². The van der Waals surface area contributed by atoms with Gasteiger partial charge in [-0.25, -0.2) is 4.39 Å². The maximum absolute atomic E-state index is 13.4. The van der Waals surface area contributed by atoms with Crippen LogP contribution in [0.25, 0.3) is 0 Å². The predicted molar refractivity (Wildman–Crippen MR) is 72.9 cm³/mol. The average molecular weight is 273 g/mol. The fourth-order valence-electron chi connectivity index (χ4n) is 1.60. The molecule has 1 aromatic carbocycles. The summed E-state index contributed by atoms with van der Waals surface area (Å²) >= 11 is 0. The standard InChI is InChI=1S/C14H12FN3O2/c1-9(19)17-10-2-4-11(5-3-10)18-14(20)12-6-7-16-8-13(12)15/h2-8H,1H3,(H,17,19)(H,18,20).